The van der Waals surface area contributed by atoms with Gasteiger partial charge in [-0.3, -0.25) is 0 Å². The molecule has 0 spiro atoms. The van der Waals surface area contributed by atoms with Crippen molar-refractivity contribution < 1.29 is 13.2 Å². The Kier molecular flexibility index (Phi) is 3.80. The molecule has 0 saturated heterocycles. The fourth-order valence-electron chi connectivity index (χ4n) is 1.72. The topological polar surface area (TPSA) is 52.8 Å². The molecule has 0 unspecified atom stereocenters. The summed E-state index contributed by atoms with van der Waals surface area (Å²) in [7, 11) is 0. The van der Waals surface area contributed by atoms with Gasteiger partial charge in [-0.05, 0) is 12.8 Å². The van der Waals surface area contributed by atoms with E-state index in [0.29, 0.717) is 6.54 Å². The number of halogens is 4. The van der Waals surface area contributed by atoms with E-state index in [1.165, 1.54) is 6.07 Å². The first-order valence-electron chi connectivity index (χ1n) is 5.67. The minimum atomic E-state index is -4.63. The normalized spacial score (nSPS) is 15.1. The van der Waals surface area contributed by atoms with Crippen LogP contribution in [0.15, 0.2) is 6.07 Å². The van der Waals surface area contributed by atoms with E-state index < -0.39 is 12.0 Å². The van der Waals surface area contributed by atoms with Gasteiger partial charge in [0.25, 0.3) is 0 Å². The van der Waals surface area contributed by atoms with Crippen LogP contribution in [0, 0.1) is 11.3 Å². The zero-order valence-electron chi connectivity index (χ0n) is 9.78. The van der Waals surface area contributed by atoms with Crippen molar-refractivity contribution in [3.05, 3.63) is 17.0 Å². The Bertz CT molecular complexity index is 508. The van der Waals surface area contributed by atoms with Crippen LogP contribution in [0.3, 0.4) is 0 Å². The zero-order valence-corrected chi connectivity index (χ0v) is 10.5. The van der Waals surface area contributed by atoms with E-state index in [1.807, 2.05) is 6.07 Å². The SMILES string of the molecule is N#CCCN(c1cc(Cl)nc(C(F)(F)F)n1)C1CC1. The number of hydrogen-bond donors (Lipinski definition) is 0. The third-order valence-electron chi connectivity index (χ3n) is 2.68. The Labute approximate surface area is 112 Å². The first kappa shape index (κ1) is 13.9. The molecule has 1 aromatic rings. The number of nitrogens with zero attached hydrogens (tertiary/aromatic N) is 4. The number of rotatable bonds is 4. The molecule has 1 heterocycles. The van der Waals surface area contributed by atoms with E-state index in [2.05, 4.69) is 9.97 Å². The maximum atomic E-state index is 12.6. The van der Waals surface area contributed by atoms with Crippen molar-refractivity contribution in [1.82, 2.24) is 9.97 Å². The fourth-order valence-corrected chi connectivity index (χ4v) is 1.90. The molecule has 1 fully saturated rings. The molecule has 1 aliphatic rings. The Morgan fingerprint density at radius 3 is 2.63 bits per heavy atom. The first-order valence-corrected chi connectivity index (χ1v) is 6.05. The molecule has 2 rings (SSSR count). The number of alkyl halides is 3. The lowest BCUT2D eigenvalue weighted by Gasteiger charge is -2.23. The van der Waals surface area contributed by atoms with E-state index in [0.717, 1.165) is 12.8 Å². The standard InChI is InChI=1S/C11H10ClF3N4/c12-8-6-9(18-10(17-8)11(13,14)15)19(5-1-4-16)7-2-3-7/h6-7H,1-3,5H2. The predicted molar refractivity (Wildman–Crippen MR) is 62.6 cm³/mol. The third kappa shape index (κ3) is 3.47. The van der Waals surface area contributed by atoms with Crippen LogP contribution in [0.1, 0.15) is 25.1 Å². The highest BCUT2D eigenvalue weighted by atomic mass is 35.5. The summed E-state index contributed by atoms with van der Waals surface area (Å²) in [6.07, 6.45) is -2.65. The van der Waals surface area contributed by atoms with Gasteiger partial charge in [0.15, 0.2) is 0 Å². The van der Waals surface area contributed by atoms with Crippen LogP contribution in [0.25, 0.3) is 0 Å². The van der Waals surface area contributed by atoms with Crippen LogP contribution in [0.2, 0.25) is 5.15 Å². The lowest BCUT2D eigenvalue weighted by atomic mass is 10.3. The van der Waals surface area contributed by atoms with E-state index in [-0.39, 0.29) is 23.4 Å². The van der Waals surface area contributed by atoms with Crippen molar-refractivity contribution in [2.75, 3.05) is 11.4 Å². The van der Waals surface area contributed by atoms with Crippen molar-refractivity contribution in [2.24, 2.45) is 0 Å². The van der Waals surface area contributed by atoms with Crippen molar-refractivity contribution in [3.8, 4) is 6.07 Å². The highest BCUT2D eigenvalue weighted by molar-refractivity contribution is 6.29. The van der Waals surface area contributed by atoms with Gasteiger partial charge in [0.2, 0.25) is 5.82 Å². The van der Waals surface area contributed by atoms with Gasteiger partial charge >= 0.3 is 6.18 Å². The average Bonchev–Trinajstić information content (AvgIpc) is 3.12. The minimum Gasteiger partial charge on any atom is -0.352 e. The summed E-state index contributed by atoms with van der Waals surface area (Å²) in [5.74, 6) is -1.12. The number of hydrogen-bond acceptors (Lipinski definition) is 4. The Hall–Kier alpha value is -1.55. The molecule has 4 nitrogen and oxygen atoms in total. The van der Waals surface area contributed by atoms with Gasteiger partial charge in [0, 0.05) is 18.7 Å². The maximum absolute atomic E-state index is 12.6. The van der Waals surface area contributed by atoms with Crippen LogP contribution >= 0.6 is 11.6 Å². The summed E-state index contributed by atoms with van der Waals surface area (Å²) < 4.78 is 37.9. The Balaban J connectivity index is 2.31. The Morgan fingerprint density at radius 2 is 2.11 bits per heavy atom. The first-order chi connectivity index (χ1) is 8.91. The van der Waals surface area contributed by atoms with Crippen molar-refractivity contribution in [1.29, 1.82) is 5.26 Å². The highest BCUT2D eigenvalue weighted by Crippen LogP contribution is 2.34. The zero-order chi connectivity index (χ0) is 14.0. The van der Waals surface area contributed by atoms with Crippen LogP contribution in [0.5, 0.6) is 0 Å². The van der Waals surface area contributed by atoms with Gasteiger partial charge in [-0.1, -0.05) is 11.6 Å². The van der Waals surface area contributed by atoms with Crippen LogP contribution < -0.4 is 4.90 Å². The Morgan fingerprint density at radius 1 is 1.42 bits per heavy atom. The van der Waals surface area contributed by atoms with Gasteiger partial charge in [0.05, 0.1) is 12.5 Å². The molecule has 102 valence electrons. The second kappa shape index (κ2) is 5.21. The van der Waals surface area contributed by atoms with Crippen molar-refractivity contribution >= 4 is 17.4 Å². The van der Waals surface area contributed by atoms with Crippen LogP contribution in [-0.2, 0) is 6.18 Å². The van der Waals surface area contributed by atoms with Gasteiger partial charge in [-0.15, -0.1) is 0 Å². The van der Waals surface area contributed by atoms with Crippen LogP contribution in [-0.4, -0.2) is 22.6 Å². The largest absolute Gasteiger partial charge is 0.451 e. The van der Waals surface area contributed by atoms with Gasteiger partial charge in [-0.25, -0.2) is 9.97 Å². The summed E-state index contributed by atoms with van der Waals surface area (Å²) in [5, 5.41) is 8.34. The van der Waals surface area contributed by atoms with Gasteiger partial charge in [-0.2, -0.15) is 18.4 Å². The molecule has 0 aromatic carbocycles. The number of nitriles is 1. The van der Waals surface area contributed by atoms with Crippen molar-refractivity contribution in [3.63, 3.8) is 0 Å². The summed E-state index contributed by atoms with van der Waals surface area (Å²) >= 11 is 5.62. The fraction of sp³-hybridized carbons (Fsp3) is 0.545. The minimum absolute atomic E-state index is 0.130. The molecule has 0 N–H and O–H groups in total. The van der Waals surface area contributed by atoms with Gasteiger partial charge < -0.3 is 4.90 Å². The van der Waals surface area contributed by atoms with E-state index >= 15 is 0 Å². The van der Waals surface area contributed by atoms with E-state index in [4.69, 9.17) is 16.9 Å². The quantitative estimate of drug-likeness (QED) is 0.800. The smallest absolute Gasteiger partial charge is 0.352 e. The predicted octanol–water partition coefficient (Wildman–Crippen LogP) is 3.03. The molecule has 0 amide bonds. The number of anilines is 1. The van der Waals surface area contributed by atoms with E-state index in [9.17, 15) is 13.2 Å². The molecule has 0 bridgehead atoms. The summed E-state index contributed by atoms with van der Waals surface area (Å²) in [5.41, 5.74) is 0. The highest BCUT2D eigenvalue weighted by Gasteiger charge is 2.37. The molecular formula is C11H10ClF3N4. The maximum Gasteiger partial charge on any atom is 0.451 e. The molecular weight excluding hydrogens is 281 g/mol. The van der Waals surface area contributed by atoms with Crippen LogP contribution in [0.4, 0.5) is 19.0 Å². The molecule has 1 aliphatic carbocycles. The average molecular weight is 291 g/mol. The summed E-state index contributed by atoms with van der Waals surface area (Å²) in [6.45, 7) is 0.339. The van der Waals surface area contributed by atoms with Crippen molar-refractivity contribution in [2.45, 2.75) is 31.5 Å². The second-order valence-electron chi connectivity index (χ2n) is 4.20. The lowest BCUT2D eigenvalue weighted by Crippen LogP contribution is -2.28. The molecule has 8 heteroatoms. The molecule has 0 radical (unpaired) electrons. The third-order valence-corrected chi connectivity index (χ3v) is 2.87. The molecule has 0 atom stereocenters. The summed E-state index contributed by atoms with van der Waals surface area (Å²) in [4.78, 5) is 8.39. The van der Waals surface area contributed by atoms with Gasteiger partial charge in [0.1, 0.15) is 11.0 Å². The molecule has 19 heavy (non-hydrogen) atoms. The number of aromatic nitrogens is 2. The van der Waals surface area contributed by atoms with E-state index in [1.54, 1.807) is 4.90 Å². The molecule has 1 aromatic heterocycles. The molecule has 1 saturated carbocycles. The molecule has 0 aliphatic heterocycles. The monoisotopic (exact) mass is 290 g/mol. The second-order valence-corrected chi connectivity index (χ2v) is 4.59. The summed E-state index contributed by atoms with van der Waals surface area (Å²) in [6, 6.07) is 3.41. The lowest BCUT2D eigenvalue weighted by molar-refractivity contribution is -0.144.